The van der Waals surface area contributed by atoms with E-state index >= 15 is 0 Å². The highest BCUT2D eigenvalue weighted by atomic mass is 16.7. The summed E-state index contributed by atoms with van der Waals surface area (Å²) in [4.78, 5) is 11.8. The highest BCUT2D eigenvalue weighted by Crippen LogP contribution is 2.50. The van der Waals surface area contributed by atoms with E-state index in [0.29, 0.717) is 11.8 Å². The molecule has 0 aromatic heterocycles. The lowest BCUT2D eigenvalue weighted by Gasteiger charge is -2.44. The Kier molecular flexibility index (Phi) is 7.78. The topological polar surface area (TPSA) is 54.0 Å². The molecule has 1 saturated heterocycles. The number of fused-ring (bicyclic) bond motifs is 2. The van der Waals surface area contributed by atoms with Gasteiger partial charge in [0.2, 0.25) is 0 Å². The molecule has 196 valence electrons. The SMILES string of the molecule is CCC1CC2CC(C)/C(=C(/OC)c3ccc(/C=C/C(=O)OC)c(B4OC(C)(C)C(C)(C)O4)c3)C(C1)C2. The maximum absolute atomic E-state index is 11.8. The molecule has 4 unspecified atom stereocenters. The molecule has 2 aliphatic carbocycles. The number of hydrogen-bond donors (Lipinski definition) is 0. The second-order valence-electron chi connectivity index (χ2n) is 12.0. The minimum absolute atomic E-state index is 0.396. The minimum Gasteiger partial charge on any atom is -0.496 e. The first kappa shape index (κ1) is 27.0. The number of hydrogen-bond acceptors (Lipinski definition) is 5. The zero-order valence-electron chi connectivity index (χ0n) is 23.4. The Labute approximate surface area is 217 Å². The molecule has 36 heavy (non-hydrogen) atoms. The Bertz CT molecular complexity index is 1020. The third-order valence-electron chi connectivity index (χ3n) is 9.06. The van der Waals surface area contributed by atoms with Crippen LogP contribution in [0.2, 0.25) is 0 Å². The van der Waals surface area contributed by atoms with Gasteiger partial charge in [0.05, 0.1) is 25.4 Å². The monoisotopic (exact) mass is 494 g/mol. The quantitative estimate of drug-likeness (QED) is 0.210. The van der Waals surface area contributed by atoms with Gasteiger partial charge in [-0.05, 0) is 99.7 Å². The number of benzene rings is 1. The lowest BCUT2D eigenvalue weighted by atomic mass is 9.61. The van der Waals surface area contributed by atoms with E-state index < -0.39 is 24.3 Å². The van der Waals surface area contributed by atoms with Crippen LogP contribution in [0.5, 0.6) is 0 Å². The number of carbonyl (C=O) groups is 1. The largest absolute Gasteiger partial charge is 0.496 e. The summed E-state index contributed by atoms with van der Waals surface area (Å²) in [6.45, 7) is 12.9. The normalized spacial score (nSPS) is 30.4. The van der Waals surface area contributed by atoms with Gasteiger partial charge in [0.25, 0.3) is 0 Å². The maximum Gasteiger partial charge on any atom is 0.495 e. The first-order valence-corrected chi connectivity index (χ1v) is 13.5. The minimum atomic E-state index is -0.553. The van der Waals surface area contributed by atoms with Crippen LogP contribution >= 0.6 is 0 Å². The highest BCUT2D eigenvalue weighted by molar-refractivity contribution is 6.63. The van der Waals surface area contributed by atoms with Gasteiger partial charge in [0, 0.05) is 11.6 Å². The van der Waals surface area contributed by atoms with Crippen molar-refractivity contribution in [3.05, 3.63) is 41.0 Å². The van der Waals surface area contributed by atoms with E-state index in [1.807, 2.05) is 6.07 Å². The van der Waals surface area contributed by atoms with Crippen LogP contribution in [0.25, 0.3) is 11.8 Å². The van der Waals surface area contributed by atoms with Crippen molar-refractivity contribution in [2.45, 2.75) is 84.8 Å². The highest BCUT2D eigenvalue weighted by Gasteiger charge is 2.52. The van der Waals surface area contributed by atoms with Crippen molar-refractivity contribution in [3.8, 4) is 0 Å². The molecule has 3 fully saturated rings. The summed E-state index contributed by atoms with van der Waals surface area (Å²) in [5.41, 5.74) is 3.32. The van der Waals surface area contributed by atoms with Crippen molar-refractivity contribution in [3.63, 3.8) is 0 Å². The standard InChI is InChI=1S/C30H43BO5/c1-9-20-15-21-14-19(2)27(24(16-20)17-21)28(34-8)23-11-10-22(12-13-26(32)33-7)25(18-23)31-35-29(3,4)30(5,6)36-31/h10-13,18-21,24H,9,14-17H2,1-8H3/b13-12+,28-27-. The average molecular weight is 494 g/mol. The summed E-state index contributed by atoms with van der Waals surface area (Å²) < 4.78 is 23.8. The lowest BCUT2D eigenvalue weighted by Crippen LogP contribution is -2.41. The summed E-state index contributed by atoms with van der Waals surface area (Å²) in [5, 5.41) is 0. The van der Waals surface area contributed by atoms with Crippen LogP contribution in [0, 0.1) is 23.7 Å². The van der Waals surface area contributed by atoms with Crippen molar-refractivity contribution in [2.75, 3.05) is 14.2 Å². The predicted molar refractivity (Wildman–Crippen MR) is 146 cm³/mol. The Balaban J connectivity index is 1.79. The fourth-order valence-electron chi connectivity index (χ4n) is 6.45. The predicted octanol–water partition coefficient (Wildman–Crippen LogP) is 6.01. The van der Waals surface area contributed by atoms with E-state index in [1.54, 1.807) is 13.2 Å². The average Bonchev–Trinajstić information content (AvgIpc) is 3.06. The van der Waals surface area contributed by atoms with Crippen LogP contribution in [-0.4, -0.2) is 38.5 Å². The van der Waals surface area contributed by atoms with Crippen LogP contribution < -0.4 is 5.46 Å². The van der Waals surface area contributed by atoms with E-state index in [9.17, 15) is 4.79 Å². The van der Waals surface area contributed by atoms with Crippen LogP contribution in [0.4, 0.5) is 0 Å². The second-order valence-corrected chi connectivity index (χ2v) is 12.0. The van der Waals surface area contributed by atoms with E-state index in [1.165, 1.54) is 50.9 Å². The van der Waals surface area contributed by atoms with Crippen molar-refractivity contribution in [1.82, 2.24) is 0 Å². The number of carbonyl (C=O) groups excluding carboxylic acids is 1. The summed E-state index contributed by atoms with van der Waals surface area (Å²) >= 11 is 0. The van der Waals surface area contributed by atoms with Gasteiger partial charge in [-0.25, -0.2) is 4.79 Å². The Hall–Kier alpha value is -2.05. The van der Waals surface area contributed by atoms with Crippen molar-refractivity contribution in [1.29, 1.82) is 0 Å². The summed E-state index contributed by atoms with van der Waals surface area (Å²) in [5.74, 6) is 3.31. The van der Waals surface area contributed by atoms with E-state index in [0.717, 1.165) is 34.2 Å². The third kappa shape index (κ3) is 5.17. The molecular formula is C30H43BO5. The molecule has 4 atom stereocenters. The molecule has 2 saturated carbocycles. The Morgan fingerprint density at radius 1 is 1.06 bits per heavy atom. The van der Waals surface area contributed by atoms with E-state index in [4.69, 9.17) is 18.8 Å². The molecule has 1 aromatic rings. The number of rotatable bonds is 6. The van der Waals surface area contributed by atoms with E-state index in [2.05, 4.69) is 53.7 Å². The molecule has 0 amide bonds. The number of ether oxygens (including phenoxy) is 2. The van der Waals surface area contributed by atoms with Crippen LogP contribution in [0.1, 0.15) is 84.8 Å². The molecule has 0 radical (unpaired) electrons. The summed E-state index contributed by atoms with van der Waals surface area (Å²) in [6.07, 6.45) is 9.60. The van der Waals surface area contributed by atoms with Gasteiger partial charge in [-0.1, -0.05) is 38.5 Å². The van der Waals surface area contributed by atoms with Crippen LogP contribution in [0.15, 0.2) is 29.8 Å². The molecule has 6 heteroatoms. The van der Waals surface area contributed by atoms with E-state index in [-0.39, 0.29) is 0 Å². The molecule has 2 bridgehead atoms. The summed E-state index contributed by atoms with van der Waals surface area (Å²) in [7, 11) is 2.62. The van der Waals surface area contributed by atoms with Gasteiger partial charge < -0.3 is 18.8 Å². The van der Waals surface area contributed by atoms with Crippen LogP contribution in [-0.2, 0) is 23.6 Å². The number of methoxy groups -OCH3 is 2. The van der Waals surface area contributed by atoms with Gasteiger partial charge >= 0.3 is 13.1 Å². The first-order valence-electron chi connectivity index (χ1n) is 13.5. The first-order chi connectivity index (χ1) is 17.0. The molecular weight excluding hydrogens is 451 g/mol. The fraction of sp³-hybridized carbons (Fsp3) is 0.633. The van der Waals surface area contributed by atoms with Gasteiger partial charge in [0.15, 0.2) is 0 Å². The molecule has 4 rings (SSSR count). The molecule has 0 N–H and O–H groups in total. The Morgan fingerprint density at radius 3 is 2.36 bits per heavy atom. The molecule has 1 heterocycles. The van der Waals surface area contributed by atoms with Gasteiger partial charge in [-0.15, -0.1) is 0 Å². The van der Waals surface area contributed by atoms with Gasteiger partial charge in [-0.2, -0.15) is 0 Å². The number of esters is 1. The third-order valence-corrected chi connectivity index (χ3v) is 9.06. The van der Waals surface area contributed by atoms with Crippen molar-refractivity contribution >= 4 is 30.4 Å². The molecule has 1 aromatic carbocycles. The Morgan fingerprint density at radius 2 is 1.75 bits per heavy atom. The molecule has 1 aliphatic heterocycles. The van der Waals surface area contributed by atoms with Gasteiger partial charge in [0.1, 0.15) is 5.76 Å². The molecule has 5 nitrogen and oxygen atoms in total. The van der Waals surface area contributed by atoms with Crippen molar-refractivity contribution in [2.24, 2.45) is 23.7 Å². The molecule has 0 spiro atoms. The second kappa shape index (κ2) is 10.4. The summed E-state index contributed by atoms with van der Waals surface area (Å²) in [6, 6.07) is 6.25. The zero-order valence-corrected chi connectivity index (χ0v) is 23.4. The molecule has 3 aliphatic rings. The van der Waals surface area contributed by atoms with Crippen molar-refractivity contribution < 1.29 is 23.6 Å². The fourth-order valence-corrected chi connectivity index (χ4v) is 6.45. The lowest BCUT2D eigenvalue weighted by molar-refractivity contribution is -0.134. The van der Waals surface area contributed by atoms with Crippen LogP contribution in [0.3, 0.4) is 0 Å². The smallest absolute Gasteiger partial charge is 0.495 e. The maximum atomic E-state index is 11.8. The number of allylic oxidation sites excluding steroid dienone is 1. The van der Waals surface area contributed by atoms with Gasteiger partial charge in [-0.3, -0.25) is 0 Å². The zero-order chi connectivity index (χ0) is 26.3.